The molecule has 4 fully saturated rings. The average Bonchev–Trinajstić information content (AvgIpc) is 3.01. The van der Waals surface area contributed by atoms with Crippen LogP contribution >= 0.6 is 43.5 Å². The molecule has 0 heterocycles. The SMILES string of the molecule is CC(C)CCC[C@@H](C)[C@H]1CC[C@H]2[C@@H]3C[C@@H](Br)[C@@]4(Br)C[C@@H](Cl)CC[C@]4(C)[C@H]3CC[C@]12C. The Kier molecular flexibility index (Phi) is 7.15. The van der Waals surface area contributed by atoms with Gasteiger partial charge < -0.3 is 0 Å². The van der Waals surface area contributed by atoms with E-state index in [0.29, 0.717) is 21.0 Å². The molecule has 0 spiro atoms. The lowest BCUT2D eigenvalue weighted by atomic mass is 9.44. The van der Waals surface area contributed by atoms with E-state index in [-0.39, 0.29) is 4.32 Å². The lowest BCUT2D eigenvalue weighted by Crippen LogP contribution is -2.64. The molecule has 0 N–H and O–H groups in total. The quantitative estimate of drug-likeness (QED) is 0.292. The highest BCUT2D eigenvalue weighted by Gasteiger charge is 2.66. The van der Waals surface area contributed by atoms with Crippen LogP contribution in [-0.2, 0) is 0 Å². The van der Waals surface area contributed by atoms with Crippen molar-refractivity contribution in [3.8, 4) is 0 Å². The van der Waals surface area contributed by atoms with Crippen LogP contribution in [0.25, 0.3) is 0 Å². The van der Waals surface area contributed by atoms with Crippen LogP contribution in [0.15, 0.2) is 0 Å². The third-order valence-electron chi connectivity index (χ3n) is 10.9. The molecule has 0 aromatic rings. The van der Waals surface area contributed by atoms with Crippen molar-refractivity contribution in [1.29, 1.82) is 0 Å². The van der Waals surface area contributed by atoms with Crippen molar-refractivity contribution >= 4 is 43.5 Å². The van der Waals surface area contributed by atoms with Crippen molar-refractivity contribution < 1.29 is 0 Å². The molecule has 0 nitrogen and oxygen atoms in total. The van der Waals surface area contributed by atoms with E-state index in [9.17, 15) is 0 Å². The second-order valence-corrected chi connectivity index (χ2v) is 15.9. The molecule has 0 radical (unpaired) electrons. The Morgan fingerprint density at radius 2 is 1.70 bits per heavy atom. The smallest absolute Gasteiger partial charge is 0.0453 e. The van der Waals surface area contributed by atoms with Gasteiger partial charge in [0.2, 0.25) is 0 Å². The van der Waals surface area contributed by atoms with Crippen molar-refractivity contribution in [2.45, 2.75) is 120 Å². The van der Waals surface area contributed by atoms with Crippen LogP contribution in [0.3, 0.4) is 0 Å². The summed E-state index contributed by atoms with van der Waals surface area (Å²) >= 11 is 15.2. The van der Waals surface area contributed by atoms with Gasteiger partial charge in [-0.15, -0.1) is 11.6 Å². The van der Waals surface area contributed by atoms with Gasteiger partial charge in [-0.1, -0.05) is 85.7 Å². The minimum Gasteiger partial charge on any atom is -0.123 e. The van der Waals surface area contributed by atoms with E-state index in [1.807, 2.05) is 0 Å². The summed E-state index contributed by atoms with van der Waals surface area (Å²) in [5.41, 5.74) is 0.968. The molecule has 0 unspecified atom stereocenters. The highest BCUT2D eigenvalue weighted by molar-refractivity contribution is 9.12. The van der Waals surface area contributed by atoms with Gasteiger partial charge in [-0.05, 0) is 97.7 Å². The average molecular weight is 565 g/mol. The van der Waals surface area contributed by atoms with Gasteiger partial charge in [0.25, 0.3) is 0 Å². The summed E-state index contributed by atoms with van der Waals surface area (Å²) < 4.78 is 0.182. The van der Waals surface area contributed by atoms with Gasteiger partial charge in [0.05, 0.1) is 0 Å². The lowest BCUT2D eigenvalue weighted by molar-refractivity contribution is -0.0971. The molecule has 0 aromatic carbocycles. The summed E-state index contributed by atoms with van der Waals surface area (Å²) in [4.78, 5) is 0.558. The van der Waals surface area contributed by atoms with Crippen molar-refractivity contribution in [3.05, 3.63) is 0 Å². The molecular weight excluding hydrogens is 520 g/mol. The first-order chi connectivity index (χ1) is 14.0. The van der Waals surface area contributed by atoms with Crippen molar-refractivity contribution in [2.75, 3.05) is 0 Å². The molecule has 4 saturated carbocycles. The number of hydrogen-bond acceptors (Lipinski definition) is 0. The number of halogens is 3. The van der Waals surface area contributed by atoms with Crippen LogP contribution in [-0.4, -0.2) is 14.5 Å². The fourth-order valence-electron chi connectivity index (χ4n) is 9.16. The van der Waals surface area contributed by atoms with E-state index in [1.54, 1.807) is 0 Å². The van der Waals surface area contributed by atoms with Crippen molar-refractivity contribution in [2.24, 2.45) is 46.3 Å². The summed E-state index contributed by atoms with van der Waals surface area (Å²) in [6.45, 7) is 12.7. The Bertz CT molecular complexity index is 622. The number of alkyl halides is 3. The predicted octanol–water partition coefficient (Wildman–Crippen LogP) is 9.61. The van der Waals surface area contributed by atoms with Crippen molar-refractivity contribution in [1.82, 2.24) is 0 Å². The maximum atomic E-state index is 6.70. The lowest BCUT2D eigenvalue weighted by Gasteiger charge is -2.65. The van der Waals surface area contributed by atoms with Gasteiger partial charge in [-0.2, -0.15) is 0 Å². The van der Waals surface area contributed by atoms with Crippen LogP contribution in [0.2, 0.25) is 0 Å². The zero-order valence-electron chi connectivity index (χ0n) is 20.0. The third-order valence-corrected chi connectivity index (χ3v) is 14.8. The molecule has 3 heteroatoms. The second-order valence-electron chi connectivity index (χ2n) is 12.7. The zero-order chi connectivity index (χ0) is 21.9. The van der Waals surface area contributed by atoms with Gasteiger partial charge in [0, 0.05) is 14.5 Å². The first-order valence-electron chi connectivity index (χ1n) is 13.0. The van der Waals surface area contributed by atoms with Crippen LogP contribution in [0.1, 0.15) is 105 Å². The Balaban J connectivity index is 1.53. The Hall–Kier alpha value is 1.25. The minimum atomic E-state index is 0.182. The fourth-order valence-corrected chi connectivity index (χ4v) is 11.9. The molecular formula is C27H45Br2Cl. The topological polar surface area (TPSA) is 0 Å². The summed E-state index contributed by atoms with van der Waals surface area (Å²) in [5, 5.41) is 0.338. The van der Waals surface area contributed by atoms with Gasteiger partial charge >= 0.3 is 0 Å². The molecule has 4 aliphatic rings. The molecule has 0 bridgehead atoms. The summed E-state index contributed by atoms with van der Waals surface area (Å²) in [7, 11) is 0. The van der Waals surface area contributed by atoms with Crippen LogP contribution in [0, 0.1) is 46.3 Å². The maximum Gasteiger partial charge on any atom is 0.0453 e. The van der Waals surface area contributed by atoms with E-state index in [4.69, 9.17) is 11.6 Å². The minimum absolute atomic E-state index is 0.182. The third kappa shape index (κ3) is 3.81. The van der Waals surface area contributed by atoms with E-state index in [0.717, 1.165) is 41.9 Å². The van der Waals surface area contributed by atoms with E-state index < -0.39 is 0 Å². The Morgan fingerprint density at radius 1 is 0.967 bits per heavy atom. The van der Waals surface area contributed by atoms with Gasteiger partial charge in [-0.3, -0.25) is 0 Å². The van der Waals surface area contributed by atoms with Crippen LogP contribution in [0.4, 0.5) is 0 Å². The molecule has 30 heavy (non-hydrogen) atoms. The summed E-state index contributed by atoms with van der Waals surface area (Å²) in [5.74, 6) is 5.43. The number of rotatable bonds is 5. The first kappa shape index (κ1) is 24.4. The largest absolute Gasteiger partial charge is 0.123 e. The van der Waals surface area contributed by atoms with E-state index >= 15 is 0 Å². The molecule has 174 valence electrons. The van der Waals surface area contributed by atoms with E-state index in [2.05, 4.69) is 66.5 Å². The molecule has 0 saturated heterocycles. The Morgan fingerprint density at radius 3 is 2.40 bits per heavy atom. The van der Waals surface area contributed by atoms with Gasteiger partial charge in [0.1, 0.15) is 0 Å². The van der Waals surface area contributed by atoms with Crippen molar-refractivity contribution in [3.63, 3.8) is 0 Å². The van der Waals surface area contributed by atoms with Crippen LogP contribution in [0.5, 0.6) is 0 Å². The zero-order valence-corrected chi connectivity index (χ0v) is 24.0. The second kappa shape index (κ2) is 8.79. The molecule has 10 atom stereocenters. The van der Waals surface area contributed by atoms with Crippen LogP contribution < -0.4 is 0 Å². The van der Waals surface area contributed by atoms with E-state index in [1.165, 1.54) is 64.2 Å². The standard InChI is InChI=1S/C27H45Br2Cl/c1-17(2)7-6-8-18(3)21-9-10-22-20-15-24(28)27(29)16-19(30)11-14-26(27,5)23(20)12-13-25(21,22)4/h17-24H,6-16H2,1-5H3/t18-,19+,20+,21-,22+,23+,24-,25-,26-,27+/m1/s1. The molecule has 0 aliphatic heterocycles. The fraction of sp³-hybridized carbons (Fsp3) is 1.00. The maximum absolute atomic E-state index is 6.70. The highest BCUT2D eigenvalue weighted by atomic mass is 79.9. The van der Waals surface area contributed by atoms with Gasteiger partial charge in [-0.25, -0.2) is 0 Å². The molecule has 4 aliphatic carbocycles. The highest BCUT2D eigenvalue weighted by Crippen LogP contribution is 2.71. The monoisotopic (exact) mass is 562 g/mol. The molecule has 4 rings (SSSR count). The predicted molar refractivity (Wildman–Crippen MR) is 139 cm³/mol. The molecule has 0 aromatic heterocycles. The van der Waals surface area contributed by atoms with Gasteiger partial charge in [0.15, 0.2) is 0 Å². The number of fused-ring (bicyclic) bond motifs is 5. The first-order valence-corrected chi connectivity index (χ1v) is 15.1. The summed E-state index contributed by atoms with van der Waals surface area (Å²) in [6, 6.07) is 0. The normalized spacial score (nSPS) is 51.9. The molecule has 0 amide bonds. The number of hydrogen-bond donors (Lipinski definition) is 0. The Labute approximate surface area is 208 Å². The summed E-state index contributed by atoms with van der Waals surface area (Å²) in [6.07, 6.45) is 15.1.